The van der Waals surface area contributed by atoms with Crippen molar-refractivity contribution in [1.29, 1.82) is 0 Å². The van der Waals surface area contributed by atoms with Gasteiger partial charge in [-0.05, 0) is 45.1 Å². The lowest BCUT2D eigenvalue weighted by Crippen LogP contribution is -2.56. The number of hydrogen-bond acceptors (Lipinski definition) is 4. The molecule has 1 unspecified atom stereocenters. The van der Waals surface area contributed by atoms with Crippen molar-refractivity contribution in [3.8, 4) is 0 Å². The van der Waals surface area contributed by atoms with E-state index in [0.717, 1.165) is 18.4 Å². The van der Waals surface area contributed by atoms with Gasteiger partial charge in [0.25, 0.3) is 5.91 Å². The van der Waals surface area contributed by atoms with Gasteiger partial charge in [0.05, 0.1) is 6.61 Å². The second-order valence-corrected chi connectivity index (χ2v) is 10.5. The summed E-state index contributed by atoms with van der Waals surface area (Å²) in [5.41, 5.74) is 1.07. The van der Waals surface area contributed by atoms with Crippen molar-refractivity contribution in [3.05, 3.63) is 35.9 Å². The Hall–Kier alpha value is -1.65. The summed E-state index contributed by atoms with van der Waals surface area (Å²) in [4.78, 5) is 26.0. The fourth-order valence-electron chi connectivity index (χ4n) is 4.00. The lowest BCUT2D eigenvalue weighted by molar-refractivity contribution is -0.166. The standard InChI is InChI=1S/C20H29N2O4P/c1-3-26-27(25,16-12-17-9-5-4-6-10-17)20(2)13-11-18(23)21-14-7-8-15-22(21)19(20)24/h4-6,9-10H,3,7-8,11-16H2,1-2H3/t20-,27?/m0/s1. The van der Waals surface area contributed by atoms with Crippen molar-refractivity contribution >= 4 is 19.2 Å². The Labute approximate surface area is 161 Å². The number of fused-ring (bicyclic) bond motifs is 1. The average molecular weight is 392 g/mol. The maximum Gasteiger partial charge on any atom is 0.256 e. The SMILES string of the molecule is CCOP(=O)(CCc1ccccc1)[C@@]1(C)CCC(=O)N2CCCCN2C1=O. The Bertz CT molecular complexity index is 739. The molecule has 0 bridgehead atoms. The lowest BCUT2D eigenvalue weighted by atomic mass is 10.0. The molecule has 1 aromatic carbocycles. The van der Waals surface area contributed by atoms with E-state index in [1.165, 1.54) is 5.01 Å². The number of carbonyl (C=O) groups excluding carboxylic acids is 2. The van der Waals surface area contributed by atoms with Crippen LogP contribution in [0.15, 0.2) is 30.3 Å². The number of amides is 2. The van der Waals surface area contributed by atoms with E-state index in [0.29, 0.717) is 25.7 Å². The first-order valence-corrected chi connectivity index (χ1v) is 11.6. The maximum atomic E-state index is 14.0. The molecule has 0 N–H and O–H groups in total. The largest absolute Gasteiger partial charge is 0.328 e. The zero-order valence-electron chi connectivity index (χ0n) is 16.2. The normalized spacial score (nSPS) is 25.7. The molecule has 0 aromatic heterocycles. The van der Waals surface area contributed by atoms with E-state index >= 15 is 0 Å². The van der Waals surface area contributed by atoms with Crippen LogP contribution in [-0.2, 0) is 25.1 Å². The molecule has 2 atom stereocenters. The molecular weight excluding hydrogens is 363 g/mol. The molecule has 3 rings (SSSR count). The Balaban J connectivity index is 1.90. The minimum atomic E-state index is -3.32. The Morgan fingerprint density at radius 3 is 2.44 bits per heavy atom. The minimum absolute atomic E-state index is 0.0575. The highest BCUT2D eigenvalue weighted by Gasteiger charge is 2.55. The highest BCUT2D eigenvalue weighted by Crippen LogP contribution is 2.62. The fraction of sp³-hybridized carbons (Fsp3) is 0.600. The van der Waals surface area contributed by atoms with Crippen molar-refractivity contribution in [3.63, 3.8) is 0 Å². The quantitative estimate of drug-likeness (QED) is 0.696. The van der Waals surface area contributed by atoms with Gasteiger partial charge in [-0.1, -0.05) is 30.3 Å². The minimum Gasteiger partial charge on any atom is -0.328 e. The van der Waals surface area contributed by atoms with E-state index < -0.39 is 12.5 Å². The average Bonchev–Trinajstić information content (AvgIpc) is 2.79. The third kappa shape index (κ3) is 3.83. The third-order valence-corrected chi connectivity index (χ3v) is 9.12. The maximum absolute atomic E-state index is 14.0. The molecule has 148 valence electrons. The molecule has 2 heterocycles. The van der Waals surface area contributed by atoms with Crippen molar-refractivity contribution in [2.45, 2.75) is 51.1 Å². The number of carbonyl (C=O) groups is 2. The van der Waals surface area contributed by atoms with Crippen LogP contribution in [0.25, 0.3) is 0 Å². The summed E-state index contributed by atoms with van der Waals surface area (Å²) in [5.74, 6) is -0.282. The second-order valence-electron chi connectivity index (χ2n) is 7.48. The van der Waals surface area contributed by atoms with Crippen LogP contribution in [0.3, 0.4) is 0 Å². The lowest BCUT2D eigenvalue weighted by Gasteiger charge is -2.42. The monoisotopic (exact) mass is 392 g/mol. The van der Waals surface area contributed by atoms with E-state index in [-0.39, 0.29) is 31.3 Å². The van der Waals surface area contributed by atoms with Crippen LogP contribution in [0.4, 0.5) is 0 Å². The molecule has 2 fully saturated rings. The molecule has 2 amide bonds. The van der Waals surface area contributed by atoms with E-state index in [1.807, 2.05) is 30.3 Å². The number of rotatable bonds is 6. The molecule has 7 heteroatoms. The van der Waals surface area contributed by atoms with E-state index in [1.54, 1.807) is 18.9 Å². The number of aryl methyl sites for hydroxylation is 1. The molecule has 2 aliphatic rings. The molecule has 0 aliphatic carbocycles. The molecule has 1 aromatic rings. The number of hydrazine groups is 1. The van der Waals surface area contributed by atoms with Gasteiger partial charge in [-0.3, -0.25) is 24.2 Å². The third-order valence-electron chi connectivity index (χ3n) is 5.72. The zero-order valence-corrected chi connectivity index (χ0v) is 17.1. The predicted octanol–water partition coefficient (Wildman–Crippen LogP) is 3.46. The highest BCUT2D eigenvalue weighted by atomic mass is 31.2. The van der Waals surface area contributed by atoms with E-state index in [2.05, 4.69) is 0 Å². The topological polar surface area (TPSA) is 66.9 Å². The zero-order chi connectivity index (χ0) is 19.5. The van der Waals surface area contributed by atoms with Crippen molar-refractivity contribution in [2.24, 2.45) is 0 Å². The van der Waals surface area contributed by atoms with Crippen LogP contribution in [0.1, 0.15) is 45.1 Å². The van der Waals surface area contributed by atoms with Gasteiger partial charge in [0.15, 0.2) is 0 Å². The van der Waals surface area contributed by atoms with Gasteiger partial charge in [0.1, 0.15) is 5.16 Å². The van der Waals surface area contributed by atoms with Crippen LogP contribution in [0.5, 0.6) is 0 Å². The van der Waals surface area contributed by atoms with Crippen LogP contribution in [0, 0.1) is 0 Å². The molecule has 6 nitrogen and oxygen atoms in total. The van der Waals surface area contributed by atoms with Gasteiger partial charge >= 0.3 is 0 Å². The Morgan fingerprint density at radius 1 is 1.11 bits per heavy atom. The second kappa shape index (κ2) is 8.15. The summed E-state index contributed by atoms with van der Waals surface area (Å²) in [6.07, 6.45) is 3.12. The van der Waals surface area contributed by atoms with Gasteiger partial charge in [-0.2, -0.15) is 0 Å². The van der Waals surface area contributed by atoms with Gasteiger partial charge in [0, 0.05) is 25.7 Å². The van der Waals surface area contributed by atoms with Crippen molar-refractivity contribution in [1.82, 2.24) is 10.0 Å². The Kier molecular flexibility index (Phi) is 6.07. The van der Waals surface area contributed by atoms with Crippen LogP contribution < -0.4 is 0 Å². The summed E-state index contributed by atoms with van der Waals surface area (Å²) < 4.78 is 19.8. The van der Waals surface area contributed by atoms with Gasteiger partial charge < -0.3 is 4.52 Å². The summed E-state index contributed by atoms with van der Waals surface area (Å²) in [7, 11) is -3.32. The summed E-state index contributed by atoms with van der Waals surface area (Å²) in [6.45, 7) is 4.89. The van der Waals surface area contributed by atoms with Crippen LogP contribution in [-0.4, -0.2) is 52.8 Å². The molecular formula is C20H29N2O4P. The summed E-state index contributed by atoms with van der Waals surface area (Å²) in [6, 6.07) is 9.82. The molecule has 2 aliphatic heterocycles. The summed E-state index contributed by atoms with van der Waals surface area (Å²) >= 11 is 0. The number of nitrogens with zero attached hydrogens (tertiary/aromatic N) is 2. The summed E-state index contributed by atoms with van der Waals surface area (Å²) in [5, 5.41) is 1.93. The Morgan fingerprint density at radius 2 is 1.78 bits per heavy atom. The van der Waals surface area contributed by atoms with E-state index in [4.69, 9.17) is 4.52 Å². The molecule has 2 saturated heterocycles. The number of benzene rings is 1. The number of hydrogen-bond donors (Lipinski definition) is 0. The predicted molar refractivity (Wildman–Crippen MR) is 105 cm³/mol. The molecule has 0 radical (unpaired) electrons. The highest BCUT2D eigenvalue weighted by molar-refractivity contribution is 7.61. The molecule has 0 spiro atoms. The van der Waals surface area contributed by atoms with Crippen molar-refractivity contribution < 1.29 is 18.7 Å². The first-order chi connectivity index (χ1) is 12.9. The first-order valence-electron chi connectivity index (χ1n) is 9.81. The van der Waals surface area contributed by atoms with Crippen LogP contribution >= 0.6 is 7.37 Å². The molecule has 0 saturated carbocycles. The van der Waals surface area contributed by atoms with Gasteiger partial charge in [0.2, 0.25) is 13.3 Å². The molecule has 27 heavy (non-hydrogen) atoms. The smallest absolute Gasteiger partial charge is 0.256 e. The van der Waals surface area contributed by atoms with Gasteiger partial charge in [-0.25, -0.2) is 0 Å². The van der Waals surface area contributed by atoms with Crippen molar-refractivity contribution in [2.75, 3.05) is 25.9 Å². The first kappa shape index (κ1) is 20.1. The van der Waals surface area contributed by atoms with Gasteiger partial charge in [-0.15, -0.1) is 0 Å². The van der Waals surface area contributed by atoms with Crippen LogP contribution in [0.2, 0.25) is 0 Å². The fourth-order valence-corrected chi connectivity index (χ4v) is 6.74. The van der Waals surface area contributed by atoms with E-state index in [9.17, 15) is 14.2 Å².